The van der Waals surface area contributed by atoms with Gasteiger partial charge in [0, 0.05) is 52.3 Å². The number of methoxy groups -OCH3 is 2. The largest absolute Gasteiger partial charge is 0.493 e. The summed E-state index contributed by atoms with van der Waals surface area (Å²) in [6, 6.07) is 17.0. The minimum absolute atomic E-state index is 0.00851. The Hall–Kier alpha value is -3.99. The van der Waals surface area contributed by atoms with Crippen molar-refractivity contribution in [1.29, 1.82) is 0 Å². The molecule has 2 amide bonds. The molecule has 2 aliphatic rings. The molecule has 3 heterocycles. The first-order valence-corrected chi connectivity index (χ1v) is 14.7. The van der Waals surface area contributed by atoms with Crippen LogP contribution in [0.2, 0.25) is 0 Å². The Balaban J connectivity index is 1.39. The number of pyridine rings is 1. The highest BCUT2D eigenvalue weighted by molar-refractivity contribution is 5.80. The smallest absolute Gasteiger partial charge is 0.234 e. The van der Waals surface area contributed by atoms with Crippen molar-refractivity contribution in [3.63, 3.8) is 0 Å². The number of aromatic nitrogens is 1. The Kier molecular flexibility index (Phi) is 10.6. The summed E-state index contributed by atoms with van der Waals surface area (Å²) in [5.74, 6) is 1.81. The van der Waals surface area contributed by atoms with Crippen LogP contribution in [0.15, 0.2) is 67.0 Å². The zero-order chi connectivity index (χ0) is 30.0. The number of hydrogen-bond donors (Lipinski definition) is 1. The minimum Gasteiger partial charge on any atom is -0.493 e. The van der Waals surface area contributed by atoms with Gasteiger partial charge in [0.05, 0.1) is 38.8 Å². The van der Waals surface area contributed by atoms with Gasteiger partial charge in [0.15, 0.2) is 11.5 Å². The molecule has 0 spiro atoms. The lowest BCUT2D eigenvalue weighted by Crippen LogP contribution is -2.58. The lowest BCUT2D eigenvalue weighted by atomic mass is 10.0. The highest BCUT2D eigenvalue weighted by atomic mass is 16.5. The van der Waals surface area contributed by atoms with Crippen LogP contribution in [-0.4, -0.2) is 85.7 Å². The number of benzene rings is 2. The Morgan fingerprint density at radius 3 is 2.81 bits per heavy atom. The van der Waals surface area contributed by atoms with E-state index in [1.165, 1.54) is 0 Å². The fraction of sp³-hybridized carbons (Fsp3) is 0.424. The van der Waals surface area contributed by atoms with E-state index in [0.717, 1.165) is 23.1 Å². The van der Waals surface area contributed by atoms with Crippen molar-refractivity contribution in [1.82, 2.24) is 20.1 Å². The van der Waals surface area contributed by atoms with Crippen LogP contribution in [0, 0.1) is 0 Å². The molecular formula is C33H40N4O6. The Bertz CT molecular complexity index is 1370. The molecule has 2 atom stereocenters. The normalized spacial score (nSPS) is 19.6. The first kappa shape index (κ1) is 30.5. The van der Waals surface area contributed by atoms with Crippen LogP contribution >= 0.6 is 0 Å². The quantitative estimate of drug-likeness (QED) is 0.418. The van der Waals surface area contributed by atoms with Crippen molar-refractivity contribution in [3.05, 3.63) is 83.7 Å². The lowest BCUT2D eigenvalue weighted by Gasteiger charge is -2.39. The standard InChI is InChI=1S/C33H40N4O6/c1-40-15-5-13-36-20-25-9-10-30(41-2)31(17-25)43-27-8-3-6-26(16-27)23-42-29-11-14-37(21-28(29)35-32(38)22-36)33(39)18-24-7-4-12-34-19-24/h3-4,6-10,12,16-17,19,28-29H,5,11,13-15,18,20-23H2,1-2H3,(H,35,38)/t28-,29+/m0/s1. The zero-order valence-electron chi connectivity index (χ0n) is 24.9. The topological polar surface area (TPSA) is 102 Å². The van der Waals surface area contributed by atoms with Crippen LogP contribution in [-0.2, 0) is 38.6 Å². The van der Waals surface area contributed by atoms with Gasteiger partial charge in [-0.05, 0) is 59.9 Å². The van der Waals surface area contributed by atoms with Gasteiger partial charge in [0.25, 0.3) is 0 Å². The molecule has 10 nitrogen and oxygen atoms in total. The number of rotatable bonds is 7. The molecule has 228 valence electrons. The van der Waals surface area contributed by atoms with Crippen molar-refractivity contribution in [2.75, 3.05) is 47.0 Å². The molecule has 1 saturated heterocycles. The van der Waals surface area contributed by atoms with Gasteiger partial charge in [-0.1, -0.05) is 24.3 Å². The van der Waals surface area contributed by atoms with Crippen molar-refractivity contribution >= 4 is 11.8 Å². The number of hydrogen-bond acceptors (Lipinski definition) is 8. The second-order valence-corrected chi connectivity index (χ2v) is 11.0. The van der Waals surface area contributed by atoms with Gasteiger partial charge in [-0.15, -0.1) is 0 Å². The molecule has 10 heteroatoms. The van der Waals surface area contributed by atoms with E-state index >= 15 is 0 Å². The van der Waals surface area contributed by atoms with Crippen molar-refractivity contribution in [2.45, 2.75) is 44.6 Å². The van der Waals surface area contributed by atoms with E-state index in [1.54, 1.807) is 26.6 Å². The Labute approximate surface area is 252 Å². The molecule has 4 bridgehead atoms. The number of carbonyl (C=O) groups excluding carboxylic acids is 2. The summed E-state index contributed by atoms with van der Waals surface area (Å²) in [6.07, 6.45) is 4.81. The van der Waals surface area contributed by atoms with Crippen molar-refractivity contribution < 1.29 is 28.5 Å². The highest BCUT2D eigenvalue weighted by Crippen LogP contribution is 2.33. The second kappa shape index (κ2) is 15.0. The maximum absolute atomic E-state index is 13.5. The number of ether oxygens (including phenoxy) is 4. The van der Waals surface area contributed by atoms with E-state index in [1.807, 2.05) is 59.5 Å². The van der Waals surface area contributed by atoms with Gasteiger partial charge in [-0.25, -0.2) is 0 Å². The third-order valence-corrected chi connectivity index (χ3v) is 7.74. The maximum Gasteiger partial charge on any atom is 0.234 e. The van der Waals surface area contributed by atoms with Crippen LogP contribution in [0.4, 0.5) is 0 Å². The molecule has 0 unspecified atom stereocenters. The predicted octanol–water partition coefficient (Wildman–Crippen LogP) is 3.58. The summed E-state index contributed by atoms with van der Waals surface area (Å²) in [5, 5.41) is 3.21. The molecule has 0 aliphatic carbocycles. The number of nitrogens with one attached hydrogen (secondary N) is 1. The molecule has 0 saturated carbocycles. The van der Waals surface area contributed by atoms with E-state index in [0.29, 0.717) is 63.1 Å². The van der Waals surface area contributed by atoms with Gasteiger partial charge in [-0.2, -0.15) is 0 Å². The molecule has 2 aliphatic heterocycles. The summed E-state index contributed by atoms with van der Waals surface area (Å²) in [7, 11) is 3.29. The van der Waals surface area contributed by atoms with E-state index in [2.05, 4.69) is 15.2 Å². The predicted molar refractivity (Wildman–Crippen MR) is 161 cm³/mol. The molecule has 5 rings (SSSR count). The van der Waals surface area contributed by atoms with Crippen LogP contribution in [0.25, 0.3) is 0 Å². The molecule has 2 aromatic carbocycles. The number of fused-ring (bicyclic) bond motifs is 5. The molecule has 0 radical (unpaired) electrons. The summed E-state index contributed by atoms with van der Waals surface area (Å²) in [4.78, 5) is 34.8. The van der Waals surface area contributed by atoms with E-state index in [4.69, 9.17) is 18.9 Å². The first-order chi connectivity index (χ1) is 21.0. The van der Waals surface area contributed by atoms with E-state index in [9.17, 15) is 9.59 Å². The van der Waals surface area contributed by atoms with Crippen molar-refractivity contribution in [3.8, 4) is 17.2 Å². The fourth-order valence-electron chi connectivity index (χ4n) is 5.57. The van der Waals surface area contributed by atoms with Gasteiger partial charge in [0.1, 0.15) is 5.75 Å². The highest BCUT2D eigenvalue weighted by Gasteiger charge is 2.33. The SMILES string of the molecule is COCCCN1CC(=O)N[C@H]2CN(C(=O)Cc3cccnc3)CC[C@H]2OCc2cccc(c2)Oc2cc(ccc2OC)C1. The number of piperidine rings is 1. The Morgan fingerprint density at radius 1 is 1.09 bits per heavy atom. The first-order valence-electron chi connectivity index (χ1n) is 14.7. The van der Waals surface area contributed by atoms with Gasteiger partial charge in [0.2, 0.25) is 11.8 Å². The number of likely N-dealkylation sites (tertiary alicyclic amines) is 1. The van der Waals surface area contributed by atoms with Crippen molar-refractivity contribution in [2.24, 2.45) is 0 Å². The molecular weight excluding hydrogens is 548 g/mol. The fourth-order valence-corrected chi connectivity index (χ4v) is 5.57. The third-order valence-electron chi connectivity index (χ3n) is 7.74. The summed E-state index contributed by atoms with van der Waals surface area (Å²) >= 11 is 0. The van der Waals surface area contributed by atoms with Crippen LogP contribution in [0.5, 0.6) is 17.2 Å². The average Bonchev–Trinajstić information content (AvgIpc) is 3.01. The molecule has 1 N–H and O–H groups in total. The molecule has 1 aromatic heterocycles. The van der Waals surface area contributed by atoms with Gasteiger partial charge >= 0.3 is 0 Å². The number of nitrogens with zero attached hydrogens (tertiary/aromatic N) is 3. The van der Waals surface area contributed by atoms with Gasteiger partial charge < -0.3 is 29.2 Å². The Morgan fingerprint density at radius 2 is 2.00 bits per heavy atom. The van der Waals surface area contributed by atoms with Crippen LogP contribution in [0.3, 0.4) is 0 Å². The summed E-state index contributed by atoms with van der Waals surface area (Å²) < 4.78 is 23.5. The molecule has 43 heavy (non-hydrogen) atoms. The van der Waals surface area contributed by atoms with E-state index in [-0.39, 0.29) is 36.9 Å². The summed E-state index contributed by atoms with van der Waals surface area (Å²) in [6.45, 7) is 3.28. The minimum atomic E-state index is -0.347. The van der Waals surface area contributed by atoms with Gasteiger partial charge in [-0.3, -0.25) is 19.5 Å². The zero-order valence-corrected chi connectivity index (χ0v) is 24.9. The monoisotopic (exact) mass is 588 g/mol. The second-order valence-electron chi connectivity index (χ2n) is 11.0. The van der Waals surface area contributed by atoms with Crippen LogP contribution in [0.1, 0.15) is 29.5 Å². The third kappa shape index (κ3) is 8.53. The molecule has 1 fully saturated rings. The summed E-state index contributed by atoms with van der Waals surface area (Å²) in [5.41, 5.74) is 2.81. The van der Waals surface area contributed by atoms with Crippen LogP contribution < -0.4 is 14.8 Å². The maximum atomic E-state index is 13.5. The average molecular weight is 589 g/mol. The molecule has 3 aromatic rings. The lowest BCUT2D eigenvalue weighted by molar-refractivity contribution is -0.137. The number of carbonyl (C=O) groups is 2. The van der Waals surface area contributed by atoms with E-state index < -0.39 is 0 Å². The number of amides is 2.